The number of hydrogen-bond acceptors (Lipinski definition) is 5. The van der Waals surface area contributed by atoms with Crippen LogP contribution in [0.3, 0.4) is 0 Å². The quantitative estimate of drug-likeness (QED) is 0.849. The van der Waals surface area contributed by atoms with Crippen LogP contribution in [0.25, 0.3) is 11.3 Å². The Labute approximate surface area is 145 Å². The molecular formula is C17H21FN4OS. The molecule has 1 aromatic carbocycles. The van der Waals surface area contributed by atoms with E-state index in [4.69, 9.17) is 0 Å². The van der Waals surface area contributed by atoms with Crippen molar-refractivity contribution >= 4 is 22.4 Å². The van der Waals surface area contributed by atoms with E-state index < -0.39 is 0 Å². The van der Waals surface area contributed by atoms with Crippen molar-refractivity contribution < 1.29 is 9.18 Å². The lowest BCUT2D eigenvalue weighted by molar-refractivity contribution is -0.132. The van der Waals surface area contributed by atoms with E-state index >= 15 is 0 Å². The summed E-state index contributed by atoms with van der Waals surface area (Å²) < 4.78 is 13.0. The van der Waals surface area contributed by atoms with Crippen LogP contribution in [0.15, 0.2) is 29.6 Å². The molecule has 0 N–H and O–H groups in total. The van der Waals surface area contributed by atoms with Crippen molar-refractivity contribution in [3.05, 3.63) is 35.5 Å². The maximum absolute atomic E-state index is 13.0. The summed E-state index contributed by atoms with van der Waals surface area (Å²) in [6.07, 6.45) is 0. The summed E-state index contributed by atoms with van der Waals surface area (Å²) in [6, 6.07) is 6.38. The van der Waals surface area contributed by atoms with Gasteiger partial charge in [0, 0.05) is 37.1 Å². The highest BCUT2D eigenvalue weighted by molar-refractivity contribution is 7.14. The largest absolute Gasteiger partial charge is 0.345 e. The SMILES string of the molecule is CN(C)CC(=O)N1CCN(c2nc(-c3ccc(F)cc3)cs2)CC1. The van der Waals surface area contributed by atoms with Crippen LogP contribution in [0.4, 0.5) is 9.52 Å². The van der Waals surface area contributed by atoms with Gasteiger partial charge in [-0.25, -0.2) is 9.37 Å². The molecule has 1 saturated heterocycles. The molecule has 0 bridgehead atoms. The van der Waals surface area contributed by atoms with Crippen molar-refractivity contribution in [2.75, 3.05) is 51.7 Å². The van der Waals surface area contributed by atoms with Crippen LogP contribution in [-0.4, -0.2) is 67.5 Å². The van der Waals surface area contributed by atoms with E-state index in [9.17, 15) is 9.18 Å². The third kappa shape index (κ3) is 3.91. The first kappa shape index (κ1) is 16.9. The number of rotatable bonds is 4. The average Bonchev–Trinajstić information content (AvgIpc) is 3.05. The first-order valence-electron chi connectivity index (χ1n) is 7.92. The highest BCUT2D eigenvalue weighted by Crippen LogP contribution is 2.28. The van der Waals surface area contributed by atoms with Gasteiger partial charge in [0.05, 0.1) is 12.2 Å². The predicted octanol–water partition coefficient (Wildman–Crippen LogP) is 2.16. The lowest BCUT2D eigenvalue weighted by Gasteiger charge is -2.35. The van der Waals surface area contributed by atoms with Gasteiger partial charge in [0.25, 0.3) is 0 Å². The molecule has 1 aliphatic rings. The summed E-state index contributed by atoms with van der Waals surface area (Å²) in [4.78, 5) is 22.8. The van der Waals surface area contributed by atoms with Gasteiger partial charge in [-0.1, -0.05) is 0 Å². The van der Waals surface area contributed by atoms with Gasteiger partial charge < -0.3 is 14.7 Å². The number of benzene rings is 1. The number of thiazole rings is 1. The number of carbonyl (C=O) groups excluding carboxylic acids is 1. The maximum Gasteiger partial charge on any atom is 0.236 e. The van der Waals surface area contributed by atoms with Crippen LogP contribution in [0.2, 0.25) is 0 Å². The summed E-state index contributed by atoms with van der Waals surface area (Å²) in [5.74, 6) is -0.0708. The Balaban J connectivity index is 1.61. The molecule has 2 aromatic rings. The van der Waals surface area contributed by atoms with E-state index in [1.165, 1.54) is 12.1 Å². The second-order valence-electron chi connectivity index (χ2n) is 6.13. The van der Waals surface area contributed by atoms with E-state index in [1.807, 2.05) is 29.3 Å². The number of nitrogens with zero attached hydrogens (tertiary/aromatic N) is 4. The molecule has 128 valence electrons. The zero-order valence-corrected chi connectivity index (χ0v) is 14.7. The first-order valence-corrected chi connectivity index (χ1v) is 8.80. The van der Waals surface area contributed by atoms with Crippen LogP contribution >= 0.6 is 11.3 Å². The molecule has 1 amide bonds. The van der Waals surface area contributed by atoms with E-state index in [0.29, 0.717) is 6.54 Å². The summed E-state index contributed by atoms with van der Waals surface area (Å²) in [5.41, 5.74) is 1.78. The molecule has 7 heteroatoms. The number of likely N-dealkylation sites (N-methyl/N-ethyl adjacent to an activating group) is 1. The van der Waals surface area contributed by atoms with Crippen molar-refractivity contribution in [2.45, 2.75) is 0 Å². The Bertz CT molecular complexity index is 693. The Hall–Kier alpha value is -1.99. The van der Waals surface area contributed by atoms with Gasteiger partial charge in [-0.15, -0.1) is 11.3 Å². The Kier molecular flexibility index (Phi) is 5.11. The van der Waals surface area contributed by atoms with Crippen molar-refractivity contribution in [1.82, 2.24) is 14.8 Å². The van der Waals surface area contributed by atoms with Crippen molar-refractivity contribution in [1.29, 1.82) is 0 Å². The lowest BCUT2D eigenvalue weighted by Crippen LogP contribution is -2.50. The molecule has 3 rings (SSSR count). The Morgan fingerprint density at radius 2 is 1.88 bits per heavy atom. The van der Waals surface area contributed by atoms with Crippen LogP contribution in [0.1, 0.15) is 0 Å². The van der Waals surface area contributed by atoms with E-state index in [2.05, 4.69) is 9.88 Å². The average molecular weight is 348 g/mol. The van der Waals surface area contributed by atoms with Gasteiger partial charge in [0.15, 0.2) is 5.13 Å². The standard InChI is InChI=1S/C17H21FN4OS/c1-20(2)11-16(23)21-7-9-22(10-8-21)17-19-15(12-24-17)13-3-5-14(18)6-4-13/h3-6,12H,7-11H2,1-2H3. The van der Waals surface area contributed by atoms with Gasteiger partial charge in [-0.05, 0) is 38.4 Å². The molecule has 0 atom stereocenters. The topological polar surface area (TPSA) is 39.7 Å². The van der Waals surface area contributed by atoms with Crippen molar-refractivity contribution in [3.8, 4) is 11.3 Å². The zero-order chi connectivity index (χ0) is 17.1. The monoisotopic (exact) mass is 348 g/mol. The second-order valence-corrected chi connectivity index (χ2v) is 6.96. The summed E-state index contributed by atoms with van der Waals surface area (Å²) in [6.45, 7) is 3.47. The number of carbonyl (C=O) groups is 1. The molecule has 0 unspecified atom stereocenters. The van der Waals surface area contributed by atoms with Gasteiger partial charge in [0.1, 0.15) is 5.82 Å². The van der Waals surface area contributed by atoms with Gasteiger partial charge in [-0.2, -0.15) is 0 Å². The molecule has 1 fully saturated rings. The maximum atomic E-state index is 13.0. The van der Waals surface area contributed by atoms with E-state index in [-0.39, 0.29) is 11.7 Å². The fraction of sp³-hybridized carbons (Fsp3) is 0.412. The van der Waals surface area contributed by atoms with Crippen LogP contribution in [0.5, 0.6) is 0 Å². The molecule has 0 saturated carbocycles. The number of piperazine rings is 1. The van der Waals surface area contributed by atoms with Gasteiger partial charge >= 0.3 is 0 Å². The summed E-state index contributed by atoms with van der Waals surface area (Å²) in [5, 5.41) is 2.95. The molecule has 5 nitrogen and oxygen atoms in total. The Morgan fingerprint density at radius 1 is 1.21 bits per heavy atom. The minimum absolute atomic E-state index is 0.172. The van der Waals surface area contributed by atoms with Crippen molar-refractivity contribution in [2.24, 2.45) is 0 Å². The van der Waals surface area contributed by atoms with Crippen LogP contribution in [-0.2, 0) is 4.79 Å². The fourth-order valence-corrected chi connectivity index (χ4v) is 3.57. The second kappa shape index (κ2) is 7.27. The molecular weight excluding hydrogens is 327 g/mol. The van der Waals surface area contributed by atoms with E-state index in [1.54, 1.807) is 23.5 Å². The number of hydrogen-bond donors (Lipinski definition) is 0. The van der Waals surface area contributed by atoms with Gasteiger partial charge in [0.2, 0.25) is 5.91 Å². The number of amides is 1. The molecule has 1 aromatic heterocycles. The first-order chi connectivity index (χ1) is 11.5. The fourth-order valence-electron chi connectivity index (χ4n) is 2.68. The highest BCUT2D eigenvalue weighted by Gasteiger charge is 2.23. The molecule has 2 heterocycles. The summed E-state index contributed by atoms with van der Waals surface area (Å²) in [7, 11) is 3.81. The van der Waals surface area contributed by atoms with Gasteiger partial charge in [-0.3, -0.25) is 4.79 Å². The minimum Gasteiger partial charge on any atom is -0.345 e. The Morgan fingerprint density at radius 3 is 2.50 bits per heavy atom. The van der Waals surface area contributed by atoms with Crippen molar-refractivity contribution in [3.63, 3.8) is 0 Å². The third-order valence-corrected chi connectivity index (χ3v) is 4.89. The minimum atomic E-state index is -0.243. The van der Waals surface area contributed by atoms with E-state index in [0.717, 1.165) is 42.6 Å². The smallest absolute Gasteiger partial charge is 0.236 e. The highest BCUT2D eigenvalue weighted by atomic mass is 32.1. The summed E-state index contributed by atoms with van der Waals surface area (Å²) >= 11 is 1.58. The molecule has 0 radical (unpaired) electrons. The molecule has 24 heavy (non-hydrogen) atoms. The van der Waals surface area contributed by atoms with Crippen LogP contribution < -0.4 is 4.90 Å². The zero-order valence-electron chi connectivity index (χ0n) is 13.9. The normalized spacial score (nSPS) is 15.2. The third-order valence-electron chi connectivity index (χ3n) is 3.99. The lowest BCUT2D eigenvalue weighted by atomic mass is 10.2. The predicted molar refractivity (Wildman–Crippen MR) is 94.9 cm³/mol. The number of halogens is 1. The number of anilines is 1. The molecule has 0 spiro atoms. The molecule has 0 aliphatic carbocycles. The number of aromatic nitrogens is 1. The molecule has 1 aliphatic heterocycles. The van der Waals surface area contributed by atoms with Crippen LogP contribution in [0, 0.1) is 5.82 Å².